The predicted octanol–water partition coefficient (Wildman–Crippen LogP) is 1.80. The van der Waals surface area contributed by atoms with Crippen LogP contribution in [0.1, 0.15) is 36.6 Å². The molecule has 19 heavy (non-hydrogen) atoms. The molecular formula is C10H5F3O6. The minimum Gasteiger partial charge on any atom is -0.478 e. The quantitative estimate of drug-likeness (QED) is 0.777. The third kappa shape index (κ3) is 2.64. The fourth-order valence-electron chi connectivity index (χ4n) is 1.48. The van der Waals surface area contributed by atoms with Crippen LogP contribution in [0.15, 0.2) is 12.1 Å². The summed E-state index contributed by atoms with van der Waals surface area (Å²) < 4.78 is 38.3. The van der Waals surface area contributed by atoms with Gasteiger partial charge in [-0.25, -0.2) is 14.4 Å². The summed E-state index contributed by atoms with van der Waals surface area (Å²) >= 11 is 0. The first kappa shape index (κ1) is 14.5. The van der Waals surface area contributed by atoms with Crippen LogP contribution in [0.2, 0.25) is 0 Å². The lowest BCUT2D eigenvalue weighted by Gasteiger charge is -2.15. The molecule has 0 atom stereocenters. The zero-order valence-electron chi connectivity index (χ0n) is 8.85. The molecule has 0 aliphatic carbocycles. The van der Waals surface area contributed by atoms with Crippen LogP contribution in [0.4, 0.5) is 13.2 Å². The minimum atomic E-state index is -5.31. The summed E-state index contributed by atoms with van der Waals surface area (Å²) in [5.41, 5.74) is -6.05. The molecule has 102 valence electrons. The summed E-state index contributed by atoms with van der Waals surface area (Å²) in [5.74, 6) is -6.08. The van der Waals surface area contributed by atoms with Gasteiger partial charge in [0.2, 0.25) is 0 Å². The van der Waals surface area contributed by atoms with Gasteiger partial charge in [-0.3, -0.25) is 0 Å². The van der Waals surface area contributed by atoms with Gasteiger partial charge in [0, 0.05) is 0 Å². The highest BCUT2D eigenvalue weighted by Crippen LogP contribution is 2.36. The number of halogens is 3. The van der Waals surface area contributed by atoms with Crippen LogP contribution >= 0.6 is 0 Å². The van der Waals surface area contributed by atoms with Crippen molar-refractivity contribution in [1.82, 2.24) is 0 Å². The summed E-state index contributed by atoms with van der Waals surface area (Å²) in [5, 5.41) is 26.0. The summed E-state index contributed by atoms with van der Waals surface area (Å²) in [6, 6.07) is 0.908. The number of carbonyl (C=O) groups is 3. The Bertz CT molecular complexity index is 575. The summed E-state index contributed by atoms with van der Waals surface area (Å²) in [4.78, 5) is 32.2. The van der Waals surface area contributed by atoms with E-state index in [0.29, 0.717) is 12.1 Å². The molecule has 0 spiro atoms. The fourth-order valence-corrected chi connectivity index (χ4v) is 1.48. The first-order valence-electron chi connectivity index (χ1n) is 4.51. The molecular weight excluding hydrogens is 273 g/mol. The van der Waals surface area contributed by atoms with E-state index in [4.69, 9.17) is 15.3 Å². The average molecular weight is 278 g/mol. The van der Waals surface area contributed by atoms with Gasteiger partial charge in [-0.05, 0) is 12.1 Å². The molecule has 0 unspecified atom stereocenters. The van der Waals surface area contributed by atoms with Crippen molar-refractivity contribution in [2.75, 3.05) is 0 Å². The molecule has 0 heterocycles. The number of carboxylic acids is 3. The molecule has 3 N–H and O–H groups in total. The zero-order chi connectivity index (χ0) is 15.0. The molecule has 0 aliphatic heterocycles. The van der Waals surface area contributed by atoms with Crippen molar-refractivity contribution in [3.63, 3.8) is 0 Å². The van der Waals surface area contributed by atoms with Crippen LogP contribution in [0.25, 0.3) is 0 Å². The van der Waals surface area contributed by atoms with Gasteiger partial charge in [0.05, 0.1) is 22.3 Å². The van der Waals surface area contributed by atoms with Crippen molar-refractivity contribution in [3.8, 4) is 0 Å². The van der Waals surface area contributed by atoms with E-state index in [-0.39, 0.29) is 0 Å². The van der Waals surface area contributed by atoms with Crippen LogP contribution in [0, 0.1) is 0 Å². The second-order valence-corrected chi connectivity index (χ2v) is 3.32. The second kappa shape index (κ2) is 4.59. The maximum absolute atomic E-state index is 12.8. The third-order valence-electron chi connectivity index (χ3n) is 2.16. The minimum absolute atomic E-state index is 0.404. The van der Waals surface area contributed by atoms with Crippen LogP contribution in [-0.4, -0.2) is 33.2 Å². The fraction of sp³-hybridized carbons (Fsp3) is 0.100. The SMILES string of the molecule is O=C(O)c1ccc(C(=O)O)c(C(F)(F)F)c1C(=O)O. The Morgan fingerprint density at radius 3 is 1.58 bits per heavy atom. The maximum atomic E-state index is 12.8. The molecule has 0 saturated carbocycles. The Morgan fingerprint density at radius 2 is 1.26 bits per heavy atom. The molecule has 0 aromatic heterocycles. The largest absolute Gasteiger partial charge is 0.478 e. The molecule has 0 saturated heterocycles. The highest BCUT2D eigenvalue weighted by molar-refractivity contribution is 6.05. The number of carboxylic acid groups (broad SMARTS) is 3. The Hall–Kier alpha value is -2.58. The Labute approximate surface area is 102 Å². The van der Waals surface area contributed by atoms with E-state index in [1.165, 1.54) is 0 Å². The van der Waals surface area contributed by atoms with Crippen molar-refractivity contribution in [1.29, 1.82) is 0 Å². The van der Waals surface area contributed by atoms with Crippen LogP contribution in [0.3, 0.4) is 0 Å². The first-order chi connectivity index (χ1) is 8.57. The van der Waals surface area contributed by atoms with Gasteiger partial charge in [-0.1, -0.05) is 0 Å². The second-order valence-electron chi connectivity index (χ2n) is 3.32. The van der Waals surface area contributed by atoms with E-state index in [2.05, 4.69) is 0 Å². The van der Waals surface area contributed by atoms with Crippen molar-refractivity contribution in [3.05, 3.63) is 34.4 Å². The number of hydrogen-bond donors (Lipinski definition) is 3. The van der Waals surface area contributed by atoms with E-state index in [1.807, 2.05) is 0 Å². The highest BCUT2D eigenvalue weighted by atomic mass is 19.4. The molecule has 9 heteroatoms. The molecule has 0 radical (unpaired) electrons. The molecule has 1 aromatic carbocycles. The van der Waals surface area contributed by atoms with E-state index in [9.17, 15) is 27.6 Å². The number of hydrogen-bond acceptors (Lipinski definition) is 3. The third-order valence-corrected chi connectivity index (χ3v) is 2.16. The number of alkyl halides is 3. The van der Waals surface area contributed by atoms with Gasteiger partial charge in [0.1, 0.15) is 0 Å². The lowest BCUT2D eigenvalue weighted by molar-refractivity contribution is -0.138. The standard InChI is InChI=1S/C10H5F3O6/c11-10(12,13)6-4(8(16)17)2-1-3(7(14)15)5(6)9(18)19/h1-2H,(H,14,15)(H,16,17)(H,18,19). The highest BCUT2D eigenvalue weighted by Gasteiger charge is 2.42. The molecule has 1 aromatic rings. The van der Waals surface area contributed by atoms with Gasteiger partial charge >= 0.3 is 24.1 Å². The smallest absolute Gasteiger partial charge is 0.418 e. The topological polar surface area (TPSA) is 112 Å². The normalized spacial score (nSPS) is 11.1. The van der Waals surface area contributed by atoms with E-state index in [1.54, 1.807) is 0 Å². The lowest BCUT2D eigenvalue weighted by atomic mass is 9.95. The maximum Gasteiger partial charge on any atom is 0.418 e. The molecule has 0 fully saturated rings. The number of aromatic carboxylic acids is 3. The van der Waals surface area contributed by atoms with Crippen LogP contribution in [0.5, 0.6) is 0 Å². The Kier molecular flexibility index (Phi) is 3.50. The monoisotopic (exact) mass is 278 g/mol. The van der Waals surface area contributed by atoms with Gasteiger partial charge < -0.3 is 15.3 Å². The molecule has 6 nitrogen and oxygen atoms in total. The van der Waals surface area contributed by atoms with E-state index < -0.39 is 46.3 Å². The number of benzene rings is 1. The van der Waals surface area contributed by atoms with Crippen molar-refractivity contribution >= 4 is 17.9 Å². The van der Waals surface area contributed by atoms with Gasteiger partial charge in [-0.15, -0.1) is 0 Å². The molecule has 0 bridgehead atoms. The Morgan fingerprint density at radius 1 is 0.842 bits per heavy atom. The summed E-state index contributed by atoms with van der Waals surface area (Å²) in [7, 11) is 0. The lowest BCUT2D eigenvalue weighted by Crippen LogP contribution is -2.22. The van der Waals surface area contributed by atoms with Gasteiger partial charge in [0.25, 0.3) is 0 Å². The molecule has 0 aliphatic rings. The van der Waals surface area contributed by atoms with Crippen LogP contribution in [-0.2, 0) is 6.18 Å². The Balaban J connectivity index is 3.88. The van der Waals surface area contributed by atoms with Crippen molar-refractivity contribution in [2.24, 2.45) is 0 Å². The van der Waals surface area contributed by atoms with Crippen LogP contribution < -0.4 is 0 Å². The summed E-state index contributed by atoms with van der Waals surface area (Å²) in [6.07, 6.45) is -5.31. The number of rotatable bonds is 3. The predicted molar refractivity (Wildman–Crippen MR) is 52.3 cm³/mol. The van der Waals surface area contributed by atoms with Gasteiger partial charge in [-0.2, -0.15) is 13.2 Å². The van der Waals surface area contributed by atoms with E-state index in [0.717, 1.165) is 0 Å². The van der Waals surface area contributed by atoms with Crippen molar-refractivity contribution in [2.45, 2.75) is 6.18 Å². The average Bonchev–Trinajstić information content (AvgIpc) is 2.25. The van der Waals surface area contributed by atoms with Gasteiger partial charge in [0.15, 0.2) is 0 Å². The summed E-state index contributed by atoms with van der Waals surface area (Å²) in [6.45, 7) is 0. The zero-order valence-corrected chi connectivity index (χ0v) is 8.85. The first-order valence-corrected chi connectivity index (χ1v) is 4.51. The molecule has 0 amide bonds. The molecule has 1 rings (SSSR count). The van der Waals surface area contributed by atoms with Crippen molar-refractivity contribution < 1.29 is 42.9 Å². The van der Waals surface area contributed by atoms with E-state index >= 15 is 0 Å².